The molecule has 9 heteroatoms. The molecule has 0 saturated carbocycles. The zero-order chi connectivity index (χ0) is 21.8. The first kappa shape index (κ1) is 21.1. The SMILES string of the molecule is Cc1ccc([C@@H](C)NC(=O)COC(=O)c2cc3c(cc2[N+](=O)[O-])OCCO3)cc1C. The molecule has 1 N–H and O–H groups in total. The lowest BCUT2D eigenvalue weighted by Gasteiger charge is -2.19. The van der Waals surface area contributed by atoms with Crippen molar-refractivity contribution in [3.8, 4) is 11.5 Å². The number of amides is 1. The number of nitro benzene ring substituents is 1. The molecule has 0 spiro atoms. The van der Waals surface area contributed by atoms with Gasteiger partial charge in [0.15, 0.2) is 18.1 Å². The lowest BCUT2D eigenvalue weighted by Crippen LogP contribution is -2.31. The molecule has 3 rings (SSSR count). The van der Waals surface area contributed by atoms with Gasteiger partial charge in [-0.15, -0.1) is 0 Å². The fourth-order valence-corrected chi connectivity index (χ4v) is 3.00. The first-order chi connectivity index (χ1) is 14.3. The minimum Gasteiger partial charge on any atom is -0.486 e. The number of hydrogen-bond donors (Lipinski definition) is 1. The summed E-state index contributed by atoms with van der Waals surface area (Å²) < 4.78 is 15.7. The Labute approximate surface area is 173 Å². The summed E-state index contributed by atoms with van der Waals surface area (Å²) in [5, 5.41) is 14.1. The van der Waals surface area contributed by atoms with Crippen LogP contribution in [-0.2, 0) is 9.53 Å². The molecule has 1 heterocycles. The minimum atomic E-state index is -0.993. The average Bonchev–Trinajstić information content (AvgIpc) is 2.72. The number of hydrogen-bond acceptors (Lipinski definition) is 7. The van der Waals surface area contributed by atoms with E-state index in [9.17, 15) is 19.7 Å². The molecule has 2 aromatic carbocycles. The lowest BCUT2D eigenvalue weighted by atomic mass is 10.0. The van der Waals surface area contributed by atoms with Gasteiger partial charge >= 0.3 is 5.97 Å². The molecule has 1 amide bonds. The normalized spacial score (nSPS) is 13.3. The van der Waals surface area contributed by atoms with Crippen molar-refractivity contribution in [3.63, 3.8) is 0 Å². The van der Waals surface area contributed by atoms with E-state index in [1.165, 1.54) is 6.07 Å². The summed E-state index contributed by atoms with van der Waals surface area (Å²) in [7, 11) is 0. The van der Waals surface area contributed by atoms with Gasteiger partial charge in [0.2, 0.25) is 0 Å². The number of nitro groups is 1. The van der Waals surface area contributed by atoms with Crippen LogP contribution >= 0.6 is 0 Å². The third kappa shape index (κ3) is 4.68. The molecule has 1 aliphatic rings. The molecule has 158 valence electrons. The number of carbonyl (C=O) groups excluding carboxylic acids is 2. The Balaban J connectivity index is 1.65. The van der Waals surface area contributed by atoms with E-state index < -0.39 is 29.1 Å². The highest BCUT2D eigenvalue weighted by atomic mass is 16.6. The molecule has 0 saturated heterocycles. The molecule has 0 unspecified atom stereocenters. The van der Waals surface area contributed by atoms with Crippen molar-refractivity contribution in [2.45, 2.75) is 26.8 Å². The van der Waals surface area contributed by atoms with Gasteiger partial charge in [-0.3, -0.25) is 14.9 Å². The van der Waals surface area contributed by atoms with Crippen molar-refractivity contribution >= 4 is 17.6 Å². The van der Waals surface area contributed by atoms with Gasteiger partial charge in [0.1, 0.15) is 18.8 Å². The molecule has 30 heavy (non-hydrogen) atoms. The monoisotopic (exact) mass is 414 g/mol. The summed E-state index contributed by atoms with van der Waals surface area (Å²) in [6, 6.07) is 7.88. The Bertz CT molecular complexity index is 1000. The van der Waals surface area contributed by atoms with E-state index in [0.29, 0.717) is 0 Å². The number of fused-ring (bicyclic) bond motifs is 1. The average molecular weight is 414 g/mol. The van der Waals surface area contributed by atoms with Crippen molar-refractivity contribution in [3.05, 3.63) is 62.7 Å². The van der Waals surface area contributed by atoms with Gasteiger partial charge in [-0.2, -0.15) is 0 Å². The van der Waals surface area contributed by atoms with Crippen LogP contribution in [0.2, 0.25) is 0 Å². The fraction of sp³-hybridized carbons (Fsp3) is 0.333. The zero-order valence-electron chi connectivity index (χ0n) is 16.9. The summed E-state index contributed by atoms with van der Waals surface area (Å²) in [5.74, 6) is -1.11. The van der Waals surface area contributed by atoms with Crippen LogP contribution in [-0.4, -0.2) is 36.6 Å². The van der Waals surface area contributed by atoms with Gasteiger partial charge in [0.25, 0.3) is 11.6 Å². The van der Waals surface area contributed by atoms with Crippen LogP contribution in [0.3, 0.4) is 0 Å². The molecule has 0 aromatic heterocycles. The Hall–Kier alpha value is -3.62. The maximum absolute atomic E-state index is 12.4. The van der Waals surface area contributed by atoms with E-state index in [1.54, 1.807) is 0 Å². The summed E-state index contributed by atoms with van der Waals surface area (Å²) in [6.45, 7) is 5.74. The van der Waals surface area contributed by atoms with E-state index in [2.05, 4.69) is 5.32 Å². The summed E-state index contributed by atoms with van der Waals surface area (Å²) in [5.41, 5.74) is 2.38. The second kappa shape index (κ2) is 8.81. The van der Waals surface area contributed by atoms with Crippen molar-refractivity contribution in [2.24, 2.45) is 0 Å². The van der Waals surface area contributed by atoms with Crippen molar-refractivity contribution in [1.29, 1.82) is 0 Å². The molecule has 1 atom stereocenters. The van der Waals surface area contributed by atoms with E-state index in [0.717, 1.165) is 22.8 Å². The van der Waals surface area contributed by atoms with Crippen LogP contribution in [0.25, 0.3) is 0 Å². The number of nitrogens with one attached hydrogen (secondary N) is 1. The molecule has 0 radical (unpaired) electrons. The Morgan fingerprint density at radius 2 is 1.80 bits per heavy atom. The van der Waals surface area contributed by atoms with Crippen LogP contribution < -0.4 is 14.8 Å². The Morgan fingerprint density at radius 3 is 2.43 bits per heavy atom. The molecule has 0 aliphatic carbocycles. The molecule has 0 bridgehead atoms. The highest BCUT2D eigenvalue weighted by Gasteiger charge is 2.28. The van der Waals surface area contributed by atoms with E-state index in [4.69, 9.17) is 14.2 Å². The van der Waals surface area contributed by atoms with Gasteiger partial charge in [-0.1, -0.05) is 18.2 Å². The van der Waals surface area contributed by atoms with Crippen molar-refractivity contribution < 1.29 is 28.7 Å². The zero-order valence-corrected chi connectivity index (χ0v) is 16.9. The smallest absolute Gasteiger partial charge is 0.345 e. The fourth-order valence-electron chi connectivity index (χ4n) is 3.00. The van der Waals surface area contributed by atoms with Crippen LogP contribution in [0, 0.1) is 24.0 Å². The maximum atomic E-state index is 12.4. The summed E-state index contributed by atoms with van der Waals surface area (Å²) in [4.78, 5) is 35.2. The molecule has 1 aliphatic heterocycles. The molecule has 0 fully saturated rings. The first-order valence-electron chi connectivity index (χ1n) is 9.38. The number of esters is 1. The molecule has 9 nitrogen and oxygen atoms in total. The highest BCUT2D eigenvalue weighted by molar-refractivity contribution is 5.96. The summed E-state index contributed by atoms with van der Waals surface area (Å²) in [6.07, 6.45) is 0. The number of nitrogens with zero attached hydrogens (tertiary/aromatic N) is 1. The first-order valence-corrected chi connectivity index (χ1v) is 9.38. The quantitative estimate of drug-likeness (QED) is 0.439. The third-order valence-electron chi connectivity index (χ3n) is 4.82. The van der Waals surface area contributed by atoms with E-state index in [-0.39, 0.29) is 36.3 Å². The number of benzene rings is 2. The molecular weight excluding hydrogens is 392 g/mol. The van der Waals surface area contributed by atoms with Crippen LogP contribution in [0.1, 0.15) is 40.0 Å². The Morgan fingerprint density at radius 1 is 1.13 bits per heavy atom. The Kier molecular flexibility index (Phi) is 6.20. The van der Waals surface area contributed by atoms with Gasteiger partial charge < -0.3 is 19.5 Å². The lowest BCUT2D eigenvalue weighted by molar-refractivity contribution is -0.385. The third-order valence-corrected chi connectivity index (χ3v) is 4.82. The van der Waals surface area contributed by atoms with Gasteiger partial charge in [0, 0.05) is 6.07 Å². The van der Waals surface area contributed by atoms with Crippen molar-refractivity contribution in [2.75, 3.05) is 19.8 Å². The number of carbonyl (C=O) groups is 2. The predicted octanol–water partition coefficient (Wildman–Crippen LogP) is 3.02. The second-order valence-corrected chi connectivity index (χ2v) is 6.98. The highest BCUT2D eigenvalue weighted by Crippen LogP contribution is 2.36. The van der Waals surface area contributed by atoms with Crippen LogP contribution in [0.15, 0.2) is 30.3 Å². The van der Waals surface area contributed by atoms with Gasteiger partial charge in [0.05, 0.1) is 17.0 Å². The van der Waals surface area contributed by atoms with E-state index >= 15 is 0 Å². The predicted molar refractivity (Wildman–Crippen MR) is 107 cm³/mol. The number of aryl methyl sites for hydroxylation is 2. The molecule has 2 aromatic rings. The maximum Gasteiger partial charge on any atom is 0.345 e. The van der Waals surface area contributed by atoms with Gasteiger partial charge in [-0.05, 0) is 37.5 Å². The standard InChI is InChI=1S/C21H22N2O7/c1-12-4-5-15(8-13(12)2)14(3)22-20(24)11-30-21(25)16-9-18-19(29-7-6-28-18)10-17(16)23(26)27/h4-5,8-10,14H,6-7,11H2,1-3H3,(H,22,24)/t14-/m1/s1. The largest absolute Gasteiger partial charge is 0.486 e. The minimum absolute atomic E-state index is 0.185. The topological polar surface area (TPSA) is 117 Å². The molecular formula is C21H22N2O7. The summed E-state index contributed by atoms with van der Waals surface area (Å²) >= 11 is 0. The van der Waals surface area contributed by atoms with E-state index in [1.807, 2.05) is 39.0 Å². The number of ether oxygens (including phenoxy) is 3. The second-order valence-electron chi connectivity index (χ2n) is 6.98. The van der Waals surface area contributed by atoms with Crippen molar-refractivity contribution in [1.82, 2.24) is 5.32 Å². The van der Waals surface area contributed by atoms with Crippen LogP contribution in [0.5, 0.6) is 11.5 Å². The van der Waals surface area contributed by atoms with Crippen LogP contribution in [0.4, 0.5) is 5.69 Å². The number of rotatable bonds is 6. The van der Waals surface area contributed by atoms with Gasteiger partial charge in [-0.25, -0.2) is 4.79 Å².